The van der Waals surface area contributed by atoms with Crippen LogP contribution in [0.1, 0.15) is 26.7 Å². The summed E-state index contributed by atoms with van der Waals surface area (Å²) >= 11 is 0. The van der Waals surface area contributed by atoms with Crippen molar-refractivity contribution in [2.45, 2.75) is 38.9 Å². The molecule has 3 aliphatic rings. The lowest BCUT2D eigenvalue weighted by atomic mass is 9.75. The second-order valence-corrected chi connectivity index (χ2v) is 5.74. The first kappa shape index (κ1) is 10.8. The molecule has 0 aromatic carbocycles. The number of hydrogen-bond acceptors (Lipinski definition) is 4. The van der Waals surface area contributed by atoms with Crippen LogP contribution in [0.15, 0.2) is 12.2 Å². The second kappa shape index (κ2) is 3.12. The molecule has 3 rings (SSSR count). The number of carbonyl (C=O) groups excluding carboxylic acids is 2. The predicted molar refractivity (Wildman–Crippen MR) is 58.9 cm³/mol. The summed E-state index contributed by atoms with van der Waals surface area (Å²) in [6.45, 7) is 7.16. The first-order chi connectivity index (χ1) is 7.93. The van der Waals surface area contributed by atoms with Crippen molar-refractivity contribution in [1.82, 2.24) is 0 Å². The van der Waals surface area contributed by atoms with Gasteiger partial charge in [0.25, 0.3) is 0 Å². The van der Waals surface area contributed by atoms with Crippen molar-refractivity contribution >= 4 is 11.9 Å². The molecule has 5 atom stereocenters. The van der Waals surface area contributed by atoms with Gasteiger partial charge in [0.2, 0.25) is 0 Å². The summed E-state index contributed by atoms with van der Waals surface area (Å²) in [6, 6.07) is 0. The molecule has 0 aromatic rings. The van der Waals surface area contributed by atoms with Crippen LogP contribution in [-0.4, -0.2) is 24.1 Å². The molecule has 0 spiro atoms. The molecule has 0 radical (unpaired) electrons. The molecule has 0 N–H and O–H groups in total. The molecule has 2 bridgehead atoms. The molecule has 1 heterocycles. The maximum Gasteiger partial charge on any atom is 0.333 e. The number of carbonyl (C=O) groups is 2. The summed E-state index contributed by atoms with van der Waals surface area (Å²) in [5, 5.41) is 0. The van der Waals surface area contributed by atoms with Gasteiger partial charge in [0.05, 0.1) is 5.41 Å². The van der Waals surface area contributed by atoms with Crippen LogP contribution in [0.25, 0.3) is 0 Å². The zero-order chi connectivity index (χ0) is 12.4. The maximum atomic E-state index is 11.8. The Morgan fingerprint density at radius 3 is 2.94 bits per heavy atom. The van der Waals surface area contributed by atoms with Gasteiger partial charge >= 0.3 is 11.9 Å². The molecule has 4 heteroatoms. The van der Waals surface area contributed by atoms with Crippen LogP contribution in [0.2, 0.25) is 0 Å². The lowest BCUT2D eigenvalue weighted by molar-refractivity contribution is -0.158. The van der Waals surface area contributed by atoms with E-state index in [1.54, 1.807) is 6.92 Å². The monoisotopic (exact) mass is 236 g/mol. The van der Waals surface area contributed by atoms with Crippen LogP contribution in [0.4, 0.5) is 0 Å². The fourth-order valence-corrected chi connectivity index (χ4v) is 3.64. The summed E-state index contributed by atoms with van der Waals surface area (Å²) < 4.78 is 10.8. The summed E-state index contributed by atoms with van der Waals surface area (Å²) in [5.41, 5.74) is 0.0569. The first-order valence-corrected chi connectivity index (χ1v) is 6.01. The van der Waals surface area contributed by atoms with Crippen LogP contribution in [0.3, 0.4) is 0 Å². The summed E-state index contributed by atoms with van der Waals surface area (Å²) in [5.74, 6) is -0.0104. The molecule has 92 valence electrons. The molecule has 0 aromatic heterocycles. The molecule has 4 nitrogen and oxygen atoms in total. The van der Waals surface area contributed by atoms with Crippen molar-refractivity contribution in [2.75, 3.05) is 0 Å². The van der Waals surface area contributed by atoms with Crippen LogP contribution in [0, 0.1) is 17.3 Å². The summed E-state index contributed by atoms with van der Waals surface area (Å²) in [7, 11) is 0. The Balaban J connectivity index is 1.82. The van der Waals surface area contributed by atoms with E-state index in [9.17, 15) is 9.59 Å². The van der Waals surface area contributed by atoms with Gasteiger partial charge in [-0.3, -0.25) is 4.79 Å². The minimum Gasteiger partial charge on any atom is -0.458 e. The van der Waals surface area contributed by atoms with Gasteiger partial charge in [-0.05, 0) is 26.7 Å². The fraction of sp³-hybridized carbons (Fsp3) is 0.692. The van der Waals surface area contributed by atoms with Gasteiger partial charge in [-0.2, -0.15) is 0 Å². The van der Waals surface area contributed by atoms with E-state index >= 15 is 0 Å². The van der Waals surface area contributed by atoms with Crippen molar-refractivity contribution in [3.63, 3.8) is 0 Å². The third kappa shape index (κ3) is 1.24. The molecule has 2 aliphatic carbocycles. The molecular weight excluding hydrogens is 220 g/mol. The minimum absolute atomic E-state index is 0.121. The van der Waals surface area contributed by atoms with E-state index in [0.29, 0.717) is 5.57 Å². The highest BCUT2D eigenvalue weighted by Gasteiger charge is 2.69. The van der Waals surface area contributed by atoms with E-state index in [-0.39, 0.29) is 41.4 Å². The third-order valence-corrected chi connectivity index (χ3v) is 4.55. The normalized spacial score (nSPS) is 45.9. The van der Waals surface area contributed by atoms with Gasteiger partial charge in [0, 0.05) is 17.4 Å². The molecular formula is C13H16O4. The lowest BCUT2D eigenvalue weighted by Crippen LogP contribution is -2.39. The van der Waals surface area contributed by atoms with Crippen LogP contribution < -0.4 is 0 Å². The highest BCUT2D eigenvalue weighted by atomic mass is 16.6. The zero-order valence-electron chi connectivity index (χ0n) is 10.1. The van der Waals surface area contributed by atoms with Crippen molar-refractivity contribution in [3.05, 3.63) is 12.2 Å². The van der Waals surface area contributed by atoms with Gasteiger partial charge in [0.1, 0.15) is 12.2 Å². The number of fused-ring (bicyclic) bond motifs is 1. The van der Waals surface area contributed by atoms with E-state index in [1.165, 1.54) is 0 Å². The Morgan fingerprint density at radius 2 is 2.29 bits per heavy atom. The van der Waals surface area contributed by atoms with Gasteiger partial charge in [-0.1, -0.05) is 6.58 Å². The fourth-order valence-electron chi connectivity index (χ4n) is 3.64. The summed E-state index contributed by atoms with van der Waals surface area (Å²) in [4.78, 5) is 23.3. The van der Waals surface area contributed by atoms with Crippen molar-refractivity contribution < 1.29 is 19.1 Å². The Labute approximate surface area is 100.0 Å². The maximum absolute atomic E-state index is 11.8. The Hall–Kier alpha value is -1.32. The Bertz CT molecular complexity index is 427. The number of rotatable bonds is 2. The summed E-state index contributed by atoms with van der Waals surface area (Å²) in [6.07, 6.45) is 1.22. The average molecular weight is 236 g/mol. The average Bonchev–Trinajstić information content (AvgIpc) is 2.79. The van der Waals surface area contributed by atoms with Crippen molar-refractivity contribution in [2.24, 2.45) is 17.3 Å². The second-order valence-electron chi connectivity index (χ2n) is 5.74. The van der Waals surface area contributed by atoms with E-state index in [4.69, 9.17) is 9.47 Å². The quantitative estimate of drug-likeness (QED) is 0.538. The number of ether oxygens (including phenoxy) is 2. The lowest BCUT2D eigenvalue weighted by Gasteiger charge is -2.29. The first-order valence-electron chi connectivity index (χ1n) is 6.01. The van der Waals surface area contributed by atoms with E-state index < -0.39 is 0 Å². The highest BCUT2D eigenvalue weighted by molar-refractivity contribution is 5.87. The van der Waals surface area contributed by atoms with E-state index in [1.807, 2.05) is 6.92 Å². The van der Waals surface area contributed by atoms with Gasteiger partial charge < -0.3 is 9.47 Å². The van der Waals surface area contributed by atoms with E-state index in [2.05, 4.69) is 6.58 Å². The van der Waals surface area contributed by atoms with Gasteiger partial charge in [-0.25, -0.2) is 4.79 Å². The molecule has 5 unspecified atom stereocenters. The SMILES string of the molecule is C=C(C)C(=O)OC1C2CC3C1OC(=O)C3(C)C2. The minimum atomic E-state index is -0.382. The predicted octanol–water partition coefficient (Wildman–Crippen LogP) is 1.45. The van der Waals surface area contributed by atoms with Crippen LogP contribution >= 0.6 is 0 Å². The van der Waals surface area contributed by atoms with Gasteiger partial charge in [0.15, 0.2) is 0 Å². The van der Waals surface area contributed by atoms with Crippen molar-refractivity contribution in [1.29, 1.82) is 0 Å². The van der Waals surface area contributed by atoms with Crippen LogP contribution in [0.5, 0.6) is 0 Å². The van der Waals surface area contributed by atoms with E-state index in [0.717, 1.165) is 12.8 Å². The zero-order valence-corrected chi connectivity index (χ0v) is 10.1. The molecule has 1 saturated heterocycles. The molecule has 2 saturated carbocycles. The van der Waals surface area contributed by atoms with Crippen molar-refractivity contribution in [3.8, 4) is 0 Å². The topological polar surface area (TPSA) is 52.6 Å². The largest absolute Gasteiger partial charge is 0.458 e. The number of hydrogen-bond donors (Lipinski definition) is 0. The molecule has 1 aliphatic heterocycles. The highest BCUT2D eigenvalue weighted by Crippen LogP contribution is 2.62. The molecule has 17 heavy (non-hydrogen) atoms. The third-order valence-electron chi connectivity index (χ3n) is 4.55. The Kier molecular flexibility index (Phi) is 1.98. The standard InChI is InChI=1S/C13H16O4/c1-6(2)11(14)16-9-7-4-8-10(9)17-12(15)13(8,3)5-7/h7-10H,1,4-5H2,2-3H3. The molecule has 3 fully saturated rings. The Morgan fingerprint density at radius 1 is 1.59 bits per heavy atom. The molecule has 0 amide bonds. The van der Waals surface area contributed by atoms with Crippen LogP contribution in [-0.2, 0) is 19.1 Å². The van der Waals surface area contributed by atoms with Gasteiger partial charge in [-0.15, -0.1) is 0 Å². The smallest absolute Gasteiger partial charge is 0.333 e. The number of esters is 2.